The van der Waals surface area contributed by atoms with Gasteiger partial charge in [0.15, 0.2) is 0 Å². The van der Waals surface area contributed by atoms with Gasteiger partial charge in [-0.3, -0.25) is 0 Å². The minimum absolute atomic E-state index is 0.143. The first-order valence-electron chi connectivity index (χ1n) is 6.74. The highest BCUT2D eigenvalue weighted by Gasteiger charge is 2.40. The van der Waals surface area contributed by atoms with E-state index in [1.54, 1.807) is 0 Å². The molecule has 0 aliphatic rings. The second-order valence-electron chi connectivity index (χ2n) is 4.50. The average Bonchev–Trinajstić information content (AvgIpc) is 2.53. The number of carbonyl (C=O) groups excluding carboxylic acids is 2. The summed E-state index contributed by atoms with van der Waals surface area (Å²) in [5.74, 6) is -0.709. The number of nitrogens with two attached hydrogens (primary N) is 1. The van der Waals surface area contributed by atoms with Crippen molar-refractivity contribution in [1.29, 1.82) is 0 Å². The van der Waals surface area contributed by atoms with Crippen LogP contribution >= 0.6 is 0 Å². The predicted molar refractivity (Wildman–Crippen MR) is 77.0 cm³/mol. The molecule has 0 bridgehead atoms. The lowest BCUT2D eigenvalue weighted by molar-refractivity contribution is -0.171. The van der Waals surface area contributed by atoms with Gasteiger partial charge in [0.05, 0.1) is 13.7 Å². The smallest absolute Gasteiger partial charge is 0.362 e. The third kappa shape index (κ3) is 5.11. The van der Waals surface area contributed by atoms with Crippen LogP contribution in [0.25, 0.3) is 0 Å². The molecule has 0 fully saturated rings. The summed E-state index contributed by atoms with van der Waals surface area (Å²) in [6.45, 7) is 0.629. The monoisotopic (exact) mass is 292 g/mol. The second kappa shape index (κ2) is 9.02. The summed E-state index contributed by atoms with van der Waals surface area (Å²) in [4.78, 5) is 26.2. The van der Waals surface area contributed by atoms with Crippen LogP contribution in [0.15, 0.2) is 35.3 Å². The quantitative estimate of drug-likeness (QED) is 0.322. The van der Waals surface area contributed by atoms with Crippen LogP contribution in [0, 0.1) is 0 Å². The lowest BCUT2D eigenvalue weighted by Gasteiger charge is -2.25. The minimum Gasteiger partial charge on any atom is -0.465 e. The number of benzene rings is 1. The van der Waals surface area contributed by atoms with E-state index in [0.717, 1.165) is 5.56 Å². The van der Waals surface area contributed by atoms with Gasteiger partial charge in [0.25, 0.3) is 5.72 Å². The van der Waals surface area contributed by atoms with Crippen molar-refractivity contribution >= 4 is 12.0 Å². The number of ether oxygens (including phenoxy) is 2. The van der Waals surface area contributed by atoms with Crippen molar-refractivity contribution in [2.75, 3.05) is 13.7 Å². The van der Waals surface area contributed by atoms with Crippen LogP contribution < -0.4 is 5.73 Å². The first kappa shape index (κ1) is 17.0. The molecule has 0 aliphatic heterocycles. The van der Waals surface area contributed by atoms with Gasteiger partial charge >= 0.3 is 5.97 Å². The van der Waals surface area contributed by atoms with E-state index in [9.17, 15) is 9.59 Å². The first-order chi connectivity index (χ1) is 10.2. The maximum atomic E-state index is 12.0. The summed E-state index contributed by atoms with van der Waals surface area (Å²) in [6, 6.07) is 9.30. The summed E-state index contributed by atoms with van der Waals surface area (Å²) in [5, 5.41) is 0. The van der Waals surface area contributed by atoms with Gasteiger partial charge in [-0.05, 0) is 24.9 Å². The Balaban J connectivity index is 2.87. The molecule has 0 heterocycles. The van der Waals surface area contributed by atoms with Gasteiger partial charge in [-0.2, -0.15) is 4.99 Å². The number of esters is 1. The van der Waals surface area contributed by atoms with E-state index in [0.29, 0.717) is 19.4 Å². The van der Waals surface area contributed by atoms with Gasteiger partial charge in [0.1, 0.15) is 0 Å². The Bertz CT molecular complexity index is 486. The Morgan fingerprint density at radius 2 is 2.05 bits per heavy atom. The molecular weight excluding hydrogens is 272 g/mol. The summed E-state index contributed by atoms with van der Waals surface area (Å²) < 4.78 is 10.3. The van der Waals surface area contributed by atoms with Crippen LogP contribution in [-0.4, -0.2) is 31.4 Å². The second-order valence-corrected chi connectivity index (χ2v) is 4.50. The molecule has 0 saturated heterocycles. The van der Waals surface area contributed by atoms with Crippen molar-refractivity contribution < 1.29 is 19.1 Å². The molecule has 0 spiro atoms. The molecule has 21 heavy (non-hydrogen) atoms. The average molecular weight is 292 g/mol. The molecule has 0 radical (unpaired) electrons. The Hall–Kier alpha value is -2.01. The summed E-state index contributed by atoms with van der Waals surface area (Å²) >= 11 is 0. The zero-order valence-electron chi connectivity index (χ0n) is 12.1. The van der Waals surface area contributed by atoms with Crippen molar-refractivity contribution in [3.05, 3.63) is 35.9 Å². The van der Waals surface area contributed by atoms with E-state index >= 15 is 0 Å². The number of methoxy groups -OCH3 is 1. The zero-order valence-corrected chi connectivity index (χ0v) is 12.1. The van der Waals surface area contributed by atoms with Gasteiger partial charge < -0.3 is 15.2 Å². The van der Waals surface area contributed by atoms with Crippen molar-refractivity contribution in [2.45, 2.75) is 31.6 Å². The number of isocyanates is 1. The van der Waals surface area contributed by atoms with Crippen LogP contribution in [0.5, 0.6) is 0 Å². The van der Waals surface area contributed by atoms with Crippen LogP contribution in [0.1, 0.15) is 24.8 Å². The molecule has 6 heteroatoms. The lowest BCUT2D eigenvalue weighted by atomic mass is 10.1. The third-order valence-corrected chi connectivity index (χ3v) is 3.02. The molecule has 0 aliphatic carbocycles. The van der Waals surface area contributed by atoms with Crippen molar-refractivity contribution in [2.24, 2.45) is 10.7 Å². The standard InChI is InChI=1S/C15H20N2O4/c1-20-14(19)15(17-12-18,9-5-6-10-16)21-11-13-7-3-2-4-8-13/h2-4,7-8H,5-6,9-11,16H2,1H3/t15-/m1/s1. The highest BCUT2D eigenvalue weighted by Crippen LogP contribution is 2.24. The fraction of sp³-hybridized carbons (Fsp3) is 0.467. The molecule has 0 unspecified atom stereocenters. The molecule has 0 amide bonds. The van der Waals surface area contributed by atoms with Gasteiger partial charge in [-0.15, -0.1) is 0 Å². The lowest BCUT2D eigenvalue weighted by Crippen LogP contribution is -2.40. The van der Waals surface area contributed by atoms with Gasteiger partial charge in [0, 0.05) is 6.42 Å². The normalized spacial score (nSPS) is 13.0. The van der Waals surface area contributed by atoms with Crippen LogP contribution in [0.2, 0.25) is 0 Å². The maximum absolute atomic E-state index is 12.0. The Morgan fingerprint density at radius 1 is 1.33 bits per heavy atom. The number of carbonyl (C=O) groups is 1. The van der Waals surface area contributed by atoms with E-state index in [1.165, 1.54) is 13.2 Å². The molecule has 1 aromatic carbocycles. The van der Waals surface area contributed by atoms with E-state index in [2.05, 4.69) is 4.99 Å². The number of hydrogen-bond acceptors (Lipinski definition) is 6. The van der Waals surface area contributed by atoms with Crippen LogP contribution in [0.3, 0.4) is 0 Å². The highest BCUT2D eigenvalue weighted by atomic mass is 16.6. The number of rotatable bonds is 9. The molecule has 0 saturated carbocycles. The number of nitrogens with zero attached hydrogens (tertiary/aromatic N) is 1. The minimum atomic E-state index is -1.65. The van der Waals surface area contributed by atoms with Gasteiger partial charge in [0.2, 0.25) is 6.08 Å². The predicted octanol–water partition coefficient (Wildman–Crippen LogP) is 1.54. The van der Waals surface area contributed by atoms with E-state index in [4.69, 9.17) is 15.2 Å². The summed E-state index contributed by atoms with van der Waals surface area (Å²) in [7, 11) is 1.23. The van der Waals surface area contributed by atoms with E-state index in [1.807, 2.05) is 30.3 Å². The molecular formula is C15H20N2O4. The molecule has 2 N–H and O–H groups in total. The van der Waals surface area contributed by atoms with Crippen LogP contribution in [-0.2, 0) is 25.7 Å². The summed E-state index contributed by atoms with van der Waals surface area (Å²) in [6.07, 6.45) is 2.91. The first-order valence-corrected chi connectivity index (χ1v) is 6.74. The van der Waals surface area contributed by atoms with Crippen molar-refractivity contribution in [3.8, 4) is 0 Å². The highest BCUT2D eigenvalue weighted by molar-refractivity contribution is 5.80. The molecule has 114 valence electrons. The molecule has 1 atom stereocenters. The molecule has 0 aromatic heterocycles. The van der Waals surface area contributed by atoms with Crippen LogP contribution in [0.4, 0.5) is 0 Å². The van der Waals surface area contributed by atoms with E-state index in [-0.39, 0.29) is 13.0 Å². The molecule has 1 aromatic rings. The molecule has 1 rings (SSSR count). The van der Waals surface area contributed by atoms with Crippen molar-refractivity contribution in [1.82, 2.24) is 0 Å². The Kier molecular flexibility index (Phi) is 7.32. The van der Waals surface area contributed by atoms with Gasteiger partial charge in [-0.1, -0.05) is 30.3 Å². The topological polar surface area (TPSA) is 91.0 Å². The fourth-order valence-electron chi connectivity index (χ4n) is 1.89. The number of aliphatic imine (C=N–C) groups is 1. The SMILES string of the molecule is COC(=O)[C@](CCCCN)(N=C=O)OCc1ccccc1. The molecule has 6 nitrogen and oxygen atoms in total. The van der Waals surface area contributed by atoms with E-state index < -0.39 is 11.7 Å². The number of hydrogen-bond donors (Lipinski definition) is 1. The number of unbranched alkanes of at least 4 members (excludes halogenated alkanes) is 1. The largest absolute Gasteiger partial charge is 0.465 e. The Labute approximate surface area is 124 Å². The third-order valence-electron chi connectivity index (χ3n) is 3.02. The fourth-order valence-corrected chi connectivity index (χ4v) is 1.89. The Morgan fingerprint density at radius 3 is 2.62 bits per heavy atom. The zero-order chi connectivity index (χ0) is 15.6. The van der Waals surface area contributed by atoms with Crippen molar-refractivity contribution in [3.63, 3.8) is 0 Å². The van der Waals surface area contributed by atoms with Gasteiger partial charge in [-0.25, -0.2) is 9.59 Å². The maximum Gasteiger partial charge on any atom is 0.362 e. The summed E-state index contributed by atoms with van der Waals surface area (Å²) in [5.41, 5.74) is 4.66.